The van der Waals surface area contributed by atoms with Gasteiger partial charge in [-0.3, -0.25) is 4.79 Å². The first-order chi connectivity index (χ1) is 8.15. The molecule has 3 nitrogen and oxygen atoms in total. The van der Waals surface area contributed by atoms with Crippen molar-refractivity contribution in [1.29, 1.82) is 0 Å². The molecule has 1 aromatic carbocycles. The second-order valence-electron chi connectivity index (χ2n) is 4.54. The van der Waals surface area contributed by atoms with Gasteiger partial charge in [0.2, 0.25) is 0 Å². The highest BCUT2D eigenvalue weighted by Crippen LogP contribution is 2.28. The molecule has 2 N–H and O–H groups in total. The second-order valence-corrected chi connectivity index (χ2v) is 5.15. The molecule has 0 bridgehead atoms. The molecule has 4 heteroatoms. The van der Waals surface area contributed by atoms with Crippen LogP contribution in [0.25, 0.3) is 0 Å². The molecule has 2 rings (SSSR count). The summed E-state index contributed by atoms with van der Waals surface area (Å²) in [5, 5.41) is 12.4. The van der Waals surface area contributed by atoms with Crippen molar-refractivity contribution in [3.8, 4) is 5.75 Å². The quantitative estimate of drug-likeness (QED) is 0.814. The molecule has 1 aliphatic rings. The van der Waals surface area contributed by atoms with Crippen molar-refractivity contribution < 1.29 is 9.90 Å². The molecule has 1 aromatic rings. The number of carbonyl (C=O) groups excluding carboxylic acids is 1. The average Bonchev–Trinajstić information content (AvgIpc) is 2.72. The number of hydrogen-bond acceptors (Lipinski definition) is 2. The minimum atomic E-state index is -0.140. The van der Waals surface area contributed by atoms with Crippen LogP contribution in [-0.4, -0.2) is 22.9 Å². The van der Waals surface area contributed by atoms with Crippen LogP contribution in [0.1, 0.15) is 29.6 Å². The summed E-state index contributed by atoms with van der Waals surface area (Å²) in [7, 11) is 0. The van der Waals surface area contributed by atoms with Gasteiger partial charge in [-0.15, -0.1) is 11.6 Å². The van der Waals surface area contributed by atoms with E-state index in [1.165, 1.54) is 6.07 Å². The Kier molecular flexibility index (Phi) is 3.89. The van der Waals surface area contributed by atoms with Crippen LogP contribution in [0.3, 0.4) is 0 Å². The van der Waals surface area contributed by atoms with Gasteiger partial charge in [0.15, 0.2) is 0 Å². The summed E-state index contributed by atoms with van der Waals surface area (Å²) in [5.74, 6) is 0.456. The second kappa shape index (κ2) is 5.41. The molecule has 92 valence electrons. The molecule has 2 atom stereocenters. The lowest BCUT2D eigenvalue weighted by atomic mass is 10.1. The zero-order valence-corrected chi connectivity index (χ0v) is 10.3. The summed E-state index contributed by atoms with van der Waals surface area (Å²) >= 11 is 6.01. The third kappa shape index (κ3) is 3.37. The lowest BCUT2D eigenvalue weighted by Gasteiger charge is -2.10. The summed E-state index contributed by atoms with van der Waals surface area (Å²) in [6.45, 7) is 0.664. The fourth-order valence-electron chi connectivity index (χ4n) is 2.19. The highest BCUT2D eigenvalue weighted by atomic mass is 35.5. The molecule has 0 radical (unpaired) electrons. The van der Waals surface area contributed by atoms with E-state index in [1.807, 2.05) is 0 Å². The zero-order chi connectivity index (χ0) is 12.3. The molecule has 1 fully saturated rings. The fraction of sp³-hybridized carbons (Fsp3) is 0.462. The SMILES string of the molecule is O=C(NCC1CCC(Cl)C1)c1cccc(O)c1. The van der Waals surface area contributed by atoms with Crippen molar-refractivity contribution in [2.75, 3.05) is 6.54 Å². The Morgan fingerprint density at radius 1 is 1.47 bits per heavy atom. The molecule has 0 aromatic heterocycles. The summed E-state index contributed by atoms with van der Waals surface area (Å²) in [6, 6.07) is 6.36. The summed E-state index contributed by atoms with van der Waals surface area (Å²) in [4.78, 5) is 11.8. The molecule has 17 heavy (non-hydrogen) atoms. The van der Waals surface area contributed by atoms with Crippen molar-refractivity contribution >= 4 is 17.5 Å². The summed E-state index contributed by atoms with van der Waals surface area (Å²) in [6.07, 6.45) is 3.09. The van der Waals surface area contributed by atoms with E-state index < -0.39 is 0 Å². The minimum Gasteiger partial charge on any atom is -0.508 e. The Hall–Kier alpha value is -1.22. The van der Waals surface area contributed by atoms with Gasteiger partial charge in [-0.2, -0.15) is 0 Å². The fourth-order valence-corrected chi connectivity index (χ4v) is 2.56. The molecule has 0 spiro atoms. The maximum absolute atomic E-state index is 11.8. The Morgan fingerprint density at radius 3 is 2.94 bits per heavy atom. The van der Waals surface area contributed by atoms with Gasteiger partial charge >= 0.3 is 0 Å². The number of aromatic hydroxyl groups is 1. The highest BCUT2D eigenvalue weighted by Gasteiger charge is 2.23. The Bertz CT molecular complexity index is 408. The van der Waals surface area contributed by atoms with Crippen LogP contribution in [0.15, 0.2) is 24.3 Å². The van der Waals surface area contributed by atoms with Crippen LogP contribution < -0.4 is 5.32 Å². The van der Waals surface area contributed by atoms with Gasteiger partial charge in [0, 0.05) is 17.5 Å². The van der Waals surface area contributed by atoms with Gasteiger partial charge in [0.25, 0.3) is 5.91 Å². The number of nitrogens with one attached hydrogen (secondary N) is 1. The molecular formula is C13H16ClNO2. The Labute approximate surface area is 106 Å². The van der Waals surface area contributed by atoms with Gasteiger partial charge < -0.3 is 10.4 Å². The number of carbonyl (C=O) groups is 1. The van der Waals surface area contributed by atoms with E-state index in [2.05, 4.69) is 5.32 Å². The zero-order valence-electron chi connectivity index (χ0n) is 9.53. The van der Waals surface area contributed by atoms with E-state index in [4.69, 9.17) is 11.6 Å². The molecule has 0 aliphatic heterocycles. The lowest BCUT2D eigenvalue weighted by molar-refractivity contribution is 0.0947. The van der Waals surface area contributed by atoms with Crippen LogP contribution in [-0.2, 0) is 0 Å². The number of hydrogen-bond donors (Lipinski definition) is 2. The topological polar surface area (TPSA) is 49.3 Å². The number of benzene rings is 1. The van der Waals surface area contributed by atoms with Crippen LogP contribution in [0.5, 0.6) is 5.75 Å². The van der Waals surface area contributed by atoms with E-state index in [1.54, 1.807) is 18.2 Å². The normalized spacial score (nSPS) is 23.6. The molecule has 0 heterocycles. The lowest BCUT2D eigenvalue weighted by Crippen LogP contribution is -2.28. The van der Waals surface area contributed by atoms with Crippen molar-refractivity contribution in [2.24, 2.45) is 5.92 Å². The smallest absolute Gasteiger partial charge is 0.251 e. The maximum atomic E-state index is 11.8. The van der Waals surface area contributed by atoms with Crippen LogP contribution in [0, 0.1) is 5.92 Å². The molecule has 1 aliphatic carbocycles. The van der Waals surface area contributed by atoms with Crippen LogP contribution >= 0.6 is 11.6 Å². The van der Waals surface area contributed by atoms with Gasteiger partial charge in [-0.05, 0) is 43.4 Å². The van der Waals surface area contributed by atoms with E-state index in [-0.39, 0.29) is 17.0 Å². The van der Waals surface area contributed by atoms with Crippen LogP contribution in [0.2, 0.25) is 0 Å². The number of alkyl halides is 1. The predicted octanol–water partition coefficient (Wildman–Crippen LogP) is 2.53. The molecule has 2 unspecified atom stereocenters. The Morgan fingerprint density at radius 2 is 2.29 bits per heavy atom. The van der Waals surface area contributed by atoms with Crippen LogP contribution in [0.4, 0.5) is 0 Å². The van der Waals surface area contributed by atoms with Crippen molar-refractivity contribution in [3.63, 3.8) is 0 Å². The van der Waals surface area contributed by atoms with Gasteiger partial charge in [-0.1, -0.05) is 6.07 Å². The number of phenols is 1. The molecule has 1 amide bonds. The van der Waals surface area contributed by atoms with Gasteiger partial charge in [-0.25, -0.2) is 0 Å². The third-order valence-corrected chi connectivity index (χ3v) is 3.53. The number of halogens is 1. The first-order valence-electron chi connectivity index (χ1n) is 5.86. The number of rotatable bonds is 3. The third-order valence-electron chi connectivity index (χ3n) is 3.14. The highest BCUT2D eigenvalue weighted by molar-refractivity contribution is 6.20. The first-order valence-corrected chi connectivity index (χ1v) is 6.30. The molecule has 1 saturated carbocycles. The van der Waals surface area contributed by atoms with E-state index >= 15 is 0 Å². The van der Waals surface area contributed by atoms with Crippen molar-refractivity contribution in [3.05, 3.63) is 29.8 Å². The summed E-state index contributed by atoms with van der Waals surface area (Å²) in [5.41, 5.74) is 0.491. The van der Waals surface area contributed by atoms with Crippen molar-refractivity contribution in [2.45, 2.75) is 24.6 Å². The minimum absolute atomic E-state index is 0.110. The van der Waals surface area contributed by atoms with Gasteiger partial charge in [0.1, 0.15) is 5.75 Å². The number of amides is 1. The summed E-state index contributed by atoms with van der Waals surface area (Å²) < 4.78 is 0. The van der Waals surface area contributed by atoms with E-state index in [9.17, 15) is 9.90 Å². The monoisotopic (exact) mass is 253 g/mol. The number of phenolic OH excluding ortho intramolecular Hbond substituents is 1. The van der Waals surface area contributed by atoms with Gasteiger partial charge in [0.05, 0.1) is 0 Å². The van der Waals surface area contributed by atoms with E-state index in [0.717, 1.165) is 19.3 Å². The Balaban J connectivity index is 1.85. The maximum Gasteiger partial charge on any atom is 0.251 e. The molecule has 0 saturated heterocycles. The van der Waals surface area contributed by atoms with E-state index in [0.29, 0.717) is 18.0 Å². The molecular weight excluding hydrogens is 238 g/mol. The average molecular weight is 254 g/mol. The first kappa shape index (κ1) is 12.2. The predicted molar refractivity (Wildman–Crippen MR) is 67.4 cm³/mol. The standard InChI is InChI=1S/C13H16ClNO2/c14-11-5-4-9(6-11)8-15-13(17)10-2-1-3-12(16)7-10/h1-3,7,9,11,16H,4-6,8H2,(H,15,17). The van der Waals surface area contributed by atoms with Crippen molar-refractivity contribution in [1.82, 2.24) is 5.32 Å². The largest absolute Gasteiger partial charge is 0.508 e.